The number of rotatable bonds is 5. The maximum absolute atomic E-state index is 13.4. The molecule has 0 aliphatic rings. The molecule has 1 heterocycles. The van der Waals surface area contributed by atoms with Crippen LogP contribution in [0.2, 0.25) is 0 Å². The summed E-state index contributed by atoms with van der Waals surface area (Å²) in [6, 6.07) is 10.8. The third-order valence-corrected chi connectivity index (χ3v) is 4.50. The monoisotopic (exact) mass is 389 g/mol. The van der Waals surface area contributed by atoms with Crippen molar-refractivity contribution in [2.24, 2.45) is 0 Å². The topological polar surface area (TPSA) is 67.0 Å². The molecule has 1 aromatic heterocycles. The highest BCUT2D eigenvalue weighted by Crippen LogP contribution is 2.38. The van der Waals surface area contributed by atoms with Gasteiger partial charge >= 0.3 is 6.18 Å². The first-order chi connectivity index (χ1) is 13.3. The standard InChI is InChI=1S/C20H18F3N3O2/c1-12-15(7-4-8-16(12)20(21,22)23)18(17-10-24-11-25-17)13-5-3-6-14(9-13)19(27)26-28-2/h3-11,18H,1-2H3,(H,24,25)(H,26,27). The van der Waals surface area contributed by atoms with Gasteiger partial charge in [-0.05, 0) is 41.8 Å². The zero-order valence-electron chi connectivity index (χ0n) is 15.2. The van der Waals surface area contributed by atoms with Crippen LogP contribution in [0.5, 0.6) is 0 Å². The van der Waals surface area contributed by atoms with Crippen LogP contribution in [0.25, 0.3) is 0 Å². The van der Waals surface area contributed by atoms with Crippen molar-refractivity contribution in [3.05, 3.63) is 88.5 Å². The lowest BCUT2D eigenvalue weighted by Gasteiger charge is -2.22. The molecule has 0 spiro atoms. The van der Waals surface area contributed by atoms with E-state index in [1.165, 1.54) is 26.4 Å². The van der Waals surface area contributed by atoms with Crippen molar-refractivity contribution >= 4 is 5.91 Å². The van der Waals surface area contributed by atoms with Gasteiger partial charge in [0.05, 0.1) is 24.9 Å². The number of imidazole rings is 1. The number of alkyl halides is 3. The van der Waals surface area contributed by atoms with E-state index in [4.69, 9.17) is 0 Å². The fraction of sp³-hybridized carbons (Fsp3) is 0.200. The molecule has 3 aromatic rings. The number of amides is 1. The molecule has 5 nitrogen and oxygen atoms in total. The second-order valence-corrected chi connectivity index (χ2v) is 6.22. The van der Waals surface area contributed by atoms with Crippen LogP contribution in [0.4, 0.5) is 13.2 Å². The molecule has 2 N–H and O–H groups in total. The number of hydrogen-bond acceptors (Lipinski definition) is 3. The third-order valence-electron chi connectivity index (χ3n) is 4.50. The predicted octanol–water partition coefficient (Wildman–Crippen LogP) is 4.21. The fourth-order valence-electron chi connectivity index (χ4n) is 3.24. The second-order valence-electron chi connectivity index (χ2n) is 6.22. The molecule has 2 aromatic carbocycles. The van der Waals surface area contributed by atoms with Crippen molar-refractivity contribution in [3.63, 3.8) is 0 Å². The normalized spacial score (nSPS) is 12.6. The van der Waals surface area contributed by atoms with E-state index >= 15 is 0 Å². The highest BCUT2D eigenvalue weighted by molar-refractivity contribution is 5.93. The van der Waals surface area contributed by atoms with Gasteiger partial charge in [0.25, 0.3) is 5.91 Å². The predicted molar refractivity (Wildman–Crippen MR) is 96.6 cm³/mol. The molecule has 0 fully saturated rings. The maximum Gasteiger partial charge on any atom is 0.416 e. The molecule has 1 unspecified atom stereocenters. The van der Waals surface area contributed by atoms with Crippen LogP contribution < -0.4 is 5.48 Å². The number of carbonyl (C=O) groups is 1. The van der Waals surface area contributed by atoms with Gasteiger partial charge in [0, 0.05) is 17.5 Å². The summed E-state index contributed by atoms with van der Waals surface area (Å²) in [6.07, 6.45) is -1.43. The zero-order valence-corrected chi connectivity index (χ0v) is 15.2. The number of H-pyrrole nitrogens is 1. The molecule has 0 aliphatic carbocycles. The smallest absolute Gasteiger partial charge is 0.348 e. The lowest BCUT2D eigenvalue weighted by Crippen LogP contribution is -2.22. The van der Waals surface area contributed by atoms with Crippen molar-refractivity contribution < 1.29 is 22.8 Å². The van der Waals surface area contributed by atoms with Crippen LogP contribution in [-0.2, 0) is 11.0 Å². The van der Waals surface area contributed by atoms with Crippen LogP contribution in [0.3, 0.4) is 0 Å². The number of nitrogens with one attached hydrogen (secondary N) is 2. The van der Waals surface area contributed by atoms with E-state index in [2.05, 4.69) is 20.3 Å². The Hall–Kier alpha value is -3.13. The number of hydroxylamine groups is 1. The highest BCUT2D eigenvalue weighted by atomic mass is 19.4. The minimum absolute atomic E-state index is 0.126. The van der Waals surface area contributed by atoms with Gasteiger partial charge in [0.2, 0.25) is 0 Å². The van der Waals surface area contributed by atoms with Crippen molar-refractivity contribution in [3.8, 4) is 0 Å². The number of nitrogens with zero attached hydrogens (tertiary/aromatic N) is 1. The molecular weight excluding hydrogens is 371 g/mol. The number of carbonyl (C=O) groups excluding carboxylic acids is 1. The van der Waals surface area contributed by atoms with E-state index < -0.39 is 23.6 Å². The van der Waals surface area contributed by atoms with Crippen LogP contribution >= 0.6 is 0 Å². The summed E-state index contributed by atoms with van der Waals surface area (Å²) in [5, 5.41) is 0. The van der Waals surface area contributed by atoms with E-state index in [0.717, 1.165) is 6.07 Å². The van der Waals surface area contributed by atoms with Crippen molar-refractivity contribution in [2.45, 2.75) is 19.0 Å². The molecule has 0 aliphatic heterocycles. The molecule has 3 rings (SSSR count). The summed E-state index contributed by atoms with van der Waals surface area (Å²) < 4.78 is 40.2. The number of halogens is 3. The van der Waals surface area contributed by atoms with E-state index in [1.807, 2.05) is 0 Å². The Kier molecular flexibility index (Phi) is 5.51. The van der Waals surface area contributed by atoms with Gasteiger partial charge in [0.1, 0.15) is 0 Å². The van der Waals surface area contributed by atoms with Gasteiger partial charge in [-0.3, -0.25) is 9.63 Å². The lowest BCUT2D eigenvalue weighted by atomic mass is 9.84. The number of hydrogen-bond donors (Lipinski definition) is 2. The molecule has 0 radical (unpaired) electrons. The van der Waals surface area contributed by atoms with E-state index in [0.29, 0.717) is 22.4 Å². The molecule has 0 bridgehead atoms. The fourth-order valence-corrected chi connectivity index (χ4v) is 3.24. The molecule has 1 atom stereocenters. The van der Waals surface area contributed by atoms with Crippen molar-refractivity contribution in [1.82, 2.24) is 15.4 Å². The van der Waals surface area contributed by atoms with Gasteiger partial charge in [-0.2, -0.15) is 13.2 Å². The Morgan fingerprint density at radius 3 is 2.61 bits per heavy atom. The van der Waals surface area contributed by atoms with E-state index in [1.54, 1.807) is 36.5 Å². The van der Waals surface area contributed by atoms with Gasteiger partial charge in [0.15, 0.2) is 0 Å². The van der Waals surface area contributed by atoms with Gasteiger partial charge in [-0.1, -0.05) is 24.3 Å². The van der Waals surface area contributed by atoms with Crippen molar-refractivity contribution in [2.75, 3.05) is 7.11 Å². The molecule has 0 saturated heterocycles. The molecule has 1 amide bonds. The molecule has 0 saturated carbocycles. The van der Waals surface area contributed by atoms with Crippen LogP contribution in [-0.4, -0.2) is 23.0 Å². The molecular formula is C20H18F3N3O2. The minimum Gasteiger partial charge on any atom is -0.348 e. The number of benzene rings is 2. The number of aromatic amines is 1. The van der Waals surface area contributed by atoms with Crippen molar-refractivity contribution in [1.29, 1.82) is 0 Å². The number of aromatic nitrogens is 2. The summed E-state index contributed by atoms with van der Waals surface area (Å²) in [5.74, 6) is -1.01. The second kappa shape index (κ2) is 7.85. The van der Waals surface area contributed by atoms with Gasteiger partial charge in [-0.15, -0.1) is 0 Å². The summed E-state index contributed by atoms with van der Waals surface area (Å²) in [7, 11) is 1.32. The van der Waals surface area contributed by atoms with E-state index in [-0.39, 0.29) is 5.56 Å². The third kappa shape index (κ3) is 3.91. The largest absolute Gasteiger partial charge is 0.416 e. The van der Waals surface area contributed by atoms with Crippen LogP contribution in [0.1, 0.15) is 44.2 Å². The Labute approximate surface area is 159 Å². The first kappa shape index (κ1) is 19.6. The first-order valence-corrected chi connectivity index (χ1v) is 8.41. The van der Waals surface area contributed by atoms with Gasteiger partial charge < -0.3 is 4.98 Å². The van der Waals surface area contributed by atoms with Crippen LogP contribution in [0.15, 0.2) is 55.0 Å². The first-order valence-electron chi connectivity index (χ1n) is 8.41. The Morgan fingerprint density at radius 1 is 1.21 bits per heavy atom. The average molecular weight is 389 g/mol. The SMILES string of the molecule is CONC(=O)c1cccc(C(c2cnc[nH]2)c2cccc(C(F)(F)F)c2C)c1. The Balaban J connectivity index is 2.16. The summed E-state index contributed by atoms with van der Waals surface area (Å²) in [5.41, 5.74) is 3.74. The average Bonchev–Trinajstić information content (AvgIpc) is 3.17. The molecule has 8 heteroatoms. The summed E-state index contributed by atoms with van der Waals surface area (Å²) in [6.45, 7) is 1.45. The summed E-state index contributed by atoms with van der Waals surface area (Å²) >= 11 is 0. The lowest BCUT2D eigenvalue weighted by molar-refractivity contribution is -0.138. The highest BCUT2D eigenvalue weighted by Gasteiger charge is 2.34. The zero-order chi connectivity index (χ0) is 20.3. The van der Waals surface area contributed by atoms with Crippen LogP contribution in [0, 0.1) is 6.92 Å². The molecule has 146 valence electrons. The Morgan fingerprint density at radius 2 is 1.96 bits per heavy atom. The molecule has 28 heavy (non-hydrogen) atoms. The Bertz CT molecular complexity index is 969. The maximum atomic E-state index is 13.4. The quantitative estimate of drug-likeness (QED) is 0.643. The van der Waals surface area contributed by atoms with E-state index in [9.17, 15) is 18.0 Å². The van der Waals surface area contributed by atoms with Gasteiger partial charge in [-0.25, -0.2) is 10.5 Å². The summed E-state index contributed by atoms with van der Waals surface area (Å²) in [4.78, 5) is 23.7. The minimum atomic E-state index is -4.46.